The first-order valence-electron chi connectivity index (χ1n) is 9.41. The van der Waals surface area contributed by atoms with Gasteiger partial charge in [0.2, 0.25) is 11.8 Å². The van der Waals surface area contributed by atoms with Crippen LogP contribution in [0.25, 0.3) is 0 Å². The maximum atomic E-state index is 6.10. The van der Waals surface area contributed by atoms with Gasteiger partial charge in [0.25, 0.3) is 0 Å². The van der Waals surface area contributed by atoms with Crippen molar-refractivity contribution in [2.24, 2.45) is 0 Å². The van der Waals surface area contributed by atoms with Crippen molar-refractivity contribution < 1.29 is 9.47 Å². The zero-order valence-corrected chi connectivity index (χ0v) is 16.3. The third kappa shape index (κ3) is 5.95. The van der Waals surface area contributed by atoms with Crippen LogP contribution in [0.2, 0.25) is 0 Å². The van der Waals surface area contributed by atoms with Crippen molar-refractivity contribution in [1.82, 2.24) is 14.8 Å². The summed E-state index contributed by atoms with van der Waals surface area (Å²) in [6.45, 7) is 16.7. The van der Waals surface area contributed by atoms with Gasteiger partial charge in [0, 0.05) is 12.1 Å². The van der Waals surface area contributed by atoms with E-state index in [0.717, 1.165) is 39.0 Å². The molecule has 0 saturated heterocycles. The van der Waals surface area contributed by atoms with E-state index >= 15 is 0 Å². The summed E-state index contributed by atoms with van der Waals surface area (Å²) < 4.78 is 12.2. The molecule has 0 N–H and O–H groups in total. The van der Waals surface area contributed by atoms with Crippen molar-refractivity contribution >= 4 is 0 Å². The standard InChI is InChI=1S/C19H35N3O2/c1-7-18(21(9-3)10-4)23-16-14-13-15-17(20-16)24-19(8-2)22(11-5)12-6/h13-15,18-19H,7-12H2,1-6H3. The largest absolute Gasteiger partial charge is 0.458 e. The van der Waals surface area contributed by atoms with Gasteiger partial charge < -0.3 is 9.47 Å². The maximum Gasteiger partial charge on any atom is 0.218 e. The first kappa shape index (κ1) is 20.7. The van der Waals surface area contributed by atoms with Gasteiger partial charge in [-0.15, -0.1) is 0 Å². The Hall–Kier alpha value is -1.33. The van der Waals surface area contributed by atoms with Crippen LogP contribution in [0.3, 0.4) is 0 Å². The lowest BCUT2D eigenvalue weighted by atomic mass is 10.3. The summed E-state index contributed by atoms with van der Waals surface area (Å²) in [5.74, 6) is 1.25. The Morgan fingerprint density at radius 1 is 0.750 bits per heavy atom. The summed E-state index contributed by atoms with van der Waals surface area (Å²) >= 11 is 0. The molecule has 0 fully saturated rings. The van der Waals surface area contributed by atoms with E-state index in [4.69, 9.17) is 9.47 Å². The fourth-order valence-electron chi connectivity index (χ4n) is 2.90. The van der Waals surface area contributed by atoms with Crippen molar-refractivity contribution in [3.05, 3.63) is 18.2 Å². The van der Waals surface area contributed by atoms with Gasteiger partial charge in [-0.2, -0.15) is 4.98 Å². The first-order chi connectivity index (χ1) is 11.6. The highest BCUT2D eigenvalue weighted by Crippen LogP contribution is 2.19. The van der Waals surface area contributed by atoms with E-state index in [-0.39, 0.29) is 12.5 Å². The van der Waals surface area contributed by atoms with E-state index in [2.05, 4.69) is 56.3 Å². The second-order valence-electron chi connectivity index (χ2n) is 5.72. The first-order valence-corrected chi connectivity index (χ1v) is 9.41. The average Bonchev–Trinajstić information content (AvgIpc) is 2.62. The second-order valence-corrected chi connectivity index (χ2v) is 5.72. The fraction of sp³-hybridized carbons (Fsp3) is 0.737. The normalized spacial score (nSPS) is 14.0. The van der Waals surface area contributed by atoms with Crippen LogP contribution in [0.4, 0.5) is 0 Å². The summed E-state index contributed by atoms with van der Waals surface area (Å²) in [6, 6.07) is 5.75. The van der Waals surface area contributed by atoms with Crippen molar-refractivity contribution in [1.29, 1.82) is 0 Å². The van der Waals surface area contributed by atoms with Crippen molar-refractivity contribution in [2.75, 3.05) is 26.2 Å². The number of rotatable bonds is 12. The molecule has 2 atom stereocenters. The monoisotopic (exact) mass is 337 g/mol. The third-order valence-electron chi connectivity index (χ3n) is 4.35. The van der Waals surface area contributed by atoms with Crippen molar-refractivity contribution in [3.63, 3.8) is 0 Å². The highest BCUT2D eigenvalue weighted by atomic mass is 16.5. The van der Waals surface area contributed by atoms with Gasteiger partial charge >= 0.3 is 0 Å². The van der Waals surface area contributed by atoms with E-state index < -0.39 is 0 Å². The summed E-state index contributed by atoms with van der Waals surface area (Å²) in [5.41, 5.74) is 0. The van der Waals surface area contributed by atoms with E-state index in [1.807, 2.05) is 18.2 Å². The van der Waals surface area contributed by atoms with E-state index in [1.54, 1.807) is 0 Å². The highest BCUT2D eigenvalue weighted by Gasteiger charge is 2.18. The minimum atomic E-state index is 0.0486. The molecule has 2 unspecified atom stereocenters. The second kappa shape index (κ2) is 11.3. The van der Waals surface area contributed by atoms with E-state index in [1.165, 1.54) is 0 Å². The van der Waals surface area contributed by atoms with Gasteiger partial charge in [-0.25, -0.2) is 0 Å². The number of nitrogens with zero attached hydrogens (tertiary/aromatic N) is 3. The minimum Gasteiger partial charge on any atom is -0.458 e. The maximum absolute atomic E-state index is 6.10. The molecule has 0 aliphatic rings. The molecule has 0 spiro atoms. The summed E-state index contributed by atoms with van der Waals surface area (Å²) in [6.07, 6.45) is 1.94. The molecule has 5 heteroatoms. The number of pyridine rings is 1. The van der Waals surface area contributed by atoms with Gasteiger partial charge in [-0.3, -0.25) is 9.80 Å². The molecule has 138 valence electrons. The van der Waals surface area contributed by atoms with Gasteiger partial charge in [-0.05, 0) is 39.0 Å². The molecule has 1 rings (SSSR count). The van der Waals surface area contributed by atoms with Gasteiger partial charge in [0.05, 0.1) is 0 Å². The van der Waals surface area contributed by atoms with Gasteiger partial charge in [-0.1, -0.05) is 47.6 Å². The number of aromatic nitrogens is 1. The number of hydrogen-bond acceptors (Lipinski definition) is 5. The van der Waals surface area contributed by atoms with Gasteiger partial charge in [0.1, 0.15) is 0 Å². The molecule has 0 aliphatic carbocycles. The van der Waals surface area contributed by atoms with Crippen molar-refractivity contribution in [2.45, 2.75) is 66.8 Å². The molecule has 0 aromatic carbocycles. The Morgan fingerprint density at radius 3 is 1.42 bits per heavy atom. The molecule has 0 aliphatic heterocycles. The molecule has 24 heavy (non-hydrogen) atoms. The molecular weight excluding hydrogens is 302 g/mol. The topological polar surface area (TPSA) is 37.8 Å². The Labute approximate surface area is 148 Å². The molecule has 0 bridgehead atoms. The van der Waals surface area contributed by atoms with E-state index in [0.29, 0.717) is 11.8 Å². The zero-order chi connectivity index (χ0) is 17.9. The molecule has 0 radical (unpaired) electrons. The lowest BCUT2D eigenvalue weighted by molar-refractivity contribution is 0.0173. The summed E-state index contributed by atoms with van der Waals surface area (Å²) in [7, 11) is 0. The quantitative estimate of drug-likeness (QED) is 0.539. The average molecular weight is 338 g/mol. The Kier molecular flexibility index (Phi) is 9.72. The van der Waals surface area contributed by atoms with Crippen LogP contribution in [0.1, 0.15) is 54.4 Å². The number of ether oxygens (including phenoxy) is 2. The zero-order valence-electron chi connectivity index (χ0n) is 16.3. The minimum absolute atomic E-state index is 0.0486. The van der Waals surface area contributed by atoms with Crippen LogP contribution >= 0.6 is 0 Å². The summed E-state index contributed by atoms with van der Waals surface area (Å²) in [5, 5.41) is 0. The highest BCUT2D eigenvalue weighted by molar-refractivity contribution is 5.20. The van der Waals surface area contributed by atoms with Gasteiger partial charge in [0.15, 0.2) is 12.5 Å². The third-order valence-corrected chi connectivity index (χ3v) is 4.35. The molecule has 1 aromatic rings. The molecule has 1 aromatic heterocycles. The van der Waals surface area contributed by atoms with Crippen LogP contribution < -0.4 is 9.47 Å². The smallest absolute Gasteiger partial charge is 0.218 e. The fourth-order valence-corrected chi connectivity index (χ4v) is 2.90. The van der Waals surface area contributed by atoms with Crippen molar-refractivity contribution in [3.8, 4) is 11.8 Å². The predicted molar refractivity (Wildman–Crippen MR) is 99.5 cm³/mol. The summed E-state index contributed by atoms with van der Waals surface area (Å²) in [4.78, 5) is 9.14. The Bertz CT molecular complexity index is 411. The van der Waals surface area contributed by atoms with E-state index in [9.17, 15) is 0 Å². The van der Waals surface area contributed by atoms with Crippen LogP contribution in [-0.4, -0.2) is 53.4 Å². The lowest BCUT2D eigenvalue weighted by Gasteiger charge is -2.30. The SMILES string of the molecule is CCC(Oc1cccc(OC(CC)N(CC)CC)n1)N(CC)CC. The number of hydrogen-bond donors (Lipinski definition) is 0. The Morgan fingerprint density at radius 2 is 1.12 bits per heavy atom. The van der Waals surface area contributed by atoms with Crippen LogP contribution in [0.15, 0.2) is 18.2 Å². The Balaban J connectivity index is 2.81. The lowest BCUT2D eigenvalue weighted by Crippen LogP contribution is -2.39. The molecule has 0 saturated carbocycles. The molecule has 0 amide bonds. The van der Waals surface area contributed by atoms with Crippen LogP contribution in [-0.2, 0) is 0 Å². The molecular formula is C19H35N3O2. The van der Waals surface area contributed by atoms with Crippen LogP contribution in [0, 0.1) is 0 Å². The van der Waals surface area contributed by atoms with Crippen LogP contribution in [0.5, 0.6) is 11.8 Å². The molecule has 5 nitrogen and oxygen atoms in total. The molecule has 1 heterocycles. The predicted octanol–water partition coefficient (Wildman–Crippen LogP) is 4.00.